The fraction of sp³-hybridized carbons (Fsp3) is 0.500. The van der Waals surface area contributed by atoms with E-state index in [-0.39, 0.29) is 5.56 Å². The van der Waals surface area contributed by atoms with Gasteiger partial charge in [-0.3, -0.25) is 13.8 Å². The number of morpholine rings is 1. The first-order valence-corrected chi connectivity index (χ1v) is 10.9. The molecule has 3 aromatic heterocycles. The van der Waals surface area contributed by atoms with Gasteiger partial charge >= 0.3 is 0 Å². The van der Waals surface area contributed by atoms with Crippen molar-refractivity contribution in [3.05, 3.63) is 46.0 Å². The van der Waals surface area contributed by atoms with Crippen LogP contribution in [0.15, 0.2) is 34.2 Å². The number of hydrogen-bond acceptors (Lipinski definition) is 7. The summed E-state index contributed by atoms with van der Waals surface area (Å²) in [6.45, 7) is 10.2. The summed E-state index contributed by atoms with van der Waals surface area (Å²) in [6, 6.07) is 7.30. The molecular formula is C20H26N6O2S. The summed E-state index contributed by atoms with van der Waals surface area (Å²) in [7, 11) is 0. The second-order valence-corrected chi connectivity index (χ2v) is 8.56. The maximum Gasteiger partial charge on any atom is 0.258 e. The third-order valence-electron chi connectivity index (χ3n) is 4.82. The Morgan fingerprint density at radius 3 is 2.76 bits per heavy atom. The highest BCUT2D eigenvalue weighted by Crippen LogP contribution is 2.26. The highest BCUT2D eigenvalue weighted by Gasteiger charge is 2.21. The molecule has 0 N–H and O–H groups in total. The van der Waals surface area contributed by atoms with Crippen LogP contribution in [-0.4, -0.2) is 50.5 Å². The highest BCUT2D eigenvalue weighted by molar-refractivity contribution is 7.98. The van der Waals surface area contributed by atoms with Crippen molar-refractivity contribution in [2.24, 2.45) is 5.92 Å². The number of pyridine rings is 1. The van der Waals surface area contributed by atoms with Crippen molar-refractivity contribution in [3.63, 3.8) is 0 Å². The van der Waals surface area contributed by atoms with Crippen LogP contribution in [0.2, 0.25) is 0 Å². The summed E-state index contributed by atoms with van der Waals surface area (Å²) in [5.41, 5.74) is 2.25. The molecular weight excluding hydrogens is 388 g/mol. The number of anilines is 1. The van der Waals surface area contributed by atoms with E-state index in [4.69, 9.17) is 4.74 Å². The van der Waals surface area contributed by atoms with Gasteiger partial charge in [-0.2, -0.15) is 0 Å². The summed E-state index contributed by atoms with van der Waals surface area (Å²) in [5.74, 6) is 1.93. The summed E-state index contributed by atoms with van der Waals surface area (Å²) < 4.78 is 9.28. The molecule has 0 radical (unpaired) electrons. The maximum atomic E-state index is 12.5. The van der Waals surface area contributed by atoms with Crippen molar-refractivity contribution in [2.45, 2.75) is 38.2 Å². The first kappa shape index (κ1) is 19.9. The largest absolute Gasteiger partial charge is 0.378 e. The molecule has 29 heavy (non-hydrogen) atoms. The lowest BCUT2D eigenvalue weighted by Gasteiger charge is -2.28. The molecule has 0 atom stereocenters. The molecule has 154 valence electrons. The van der Waals surface area contributed by atoms with Crippen molar-refractivity contribution in [3.8, 4) is 0 Å². The first-order valence-electron chi connectivity index (χ1n) is 9.90. The average molecular weight is 415 g/mol. The van der Waals surface area contributed by atoms with Gasteiger partial charge in [0.25, 0.3) is 5.56 Å². The van der Waals surface area contributed by atoms with E-state index in [1.165, 1.54) is 0 Å². The molecule has 0 unspecified atom stereocenters. The SMILES string of the molecule is Cc1cccc2nc(CSc3nnc(N4CCOCC4)n3CC(C)C)cc(=O)n12. The lowest BCUT2D eigenvalue weighted by molar-refractivity contribution is 0.121. The van der Waals surface area contributed by atoms with Gasteiger partial charge in [0.2, 0.25) is 5.95 Å². The molecule has 1 aliphatic heterocycles. The highest BCUT2D eigenvalue weighted by atomic mass is 32.2. The third-order valence-corrected chi connectivity index (χ3v) is 5.82. The van der Waals surface area contributed by atoms with Gasteiger partial charge in [-0.15, -0.1) is 10.2 Å². The van der Waals surface area contributed by atoms with E-state index in [1.54, 1.807) is 22.2 Å². The number of hydrogen-bond donors (Lipinski definition) is 0. The van der Waals surface area contributed by atoms with E-state index in [0.29, 0.717) is 30.5 Å². The number of nitrogens with zero attached hydrogens (tertiary/aromatic N) is 6. The first-order chi connectivity index (χ1) is 14.0. The van der Waals surface area contributed by atoms with Gasteiger partial charge in [0.05, 0.1) is 18.9 Å². The molecule has 4 heterocycles. The number of fused-ring (bicyclic) bond motifs is 1. The van der Waals surface area contributed by atoms with Crippen LogP contribution < -0.4 is 10.5 Å². The molecule has 0 saturated carbocycles. The van der Waals surface area contributed by atoms with Crippen LogP contribution in [0, 0.1) is 12.8 Å². The molecule has 1 fully saturated rings. The minimum absolute atomic E-state index is 0.0543. The lowest BCUT2D eigenvalue weighted by atomic mass is 10.2. The Kier molecular flexibility index (Phi) is 5.86. The molecule has 1 saturated heterocycles. The van der Waals surface area contributed by atoms with Gasteiger partial charge in [0.1, 0.15) is 5.65 Å². The van der Waals surface area contributed by atoms with Crippen LogP contribution >= 0.6 is 11.8 Å². The molecule has 9 heteroatoms. The smallest absolute Gasteiger partial charge is 0.258 e. The monoisotopic (exact) mass is 414 g/mol. The van der Waals surface area contributed by atoms with Crippen molar-refractivity contribution in [2.75, 3.05) is 31.2 Å². The van der Waals surface area contributed by atoms with Crippen molar-refractivity contribution >= 4 is 23.4 Å². The Morgan fingerprint density at radius 2 is 2.00 bits per heavy atom. The third kappa shape index (κ3) is 4.30. The molecule has 0 spiro atoms. The fourth-order valence-corrected chi connectivity index (χ4v) is 4.32. The summed E-state index contributed by atoms with van der Waals surface area (Å²) >= 11 is 1.57. The van der Waals surface area contributed by atoms with Gasteiger partial charge in [-0.25, -0.2) is 4.98 Å². The lowest BCUT2D eigenvalue weighted by Crippen LogP contribution is -2.38. The van der Waals surface area contributed by atoms with Crippen LogP contribution in [0.25, 0.3) is 5.65 Å². The number of aromatic nitrogens is 5. The van der Waals surface area contributed by atoms with Gasteiger partial charge in [0, 0.05) is 37.1 Å². The molecule has 0 amide bonds. The summed E-state index contributed by atoms with van der Waals surface area (Å²) in [4.78, 5) is 19.4. The van der Waals surface area contributed by atoms with Crippen molar-refractivity contribution in [1.82, 2.24) is 24.1 Å². The zero-order valence-corrected chi connectivity index (χ0v) is 17.9. The molecule has 1 aliphatic rings. The predicted molar refractivity (Wildman–Crippen MR) is 114 cm³/mol. The number of rotatable bonds is 6. The van der Waals surface area contributed by atoms with Crippen LogP contribution in [0.1, 0.15) is 25.2 Å². The second-order valence-electron chi connectivity index (χ2n) is 7.62. The summed E-state index contributed by atoms with van der Waals surface area (Å²) in [5, 5.41) is 9.75. The van der Waals surface area contributed by atoms with E-state index in [1.807, 2.05) is 25.1 Å². The fourth-order valence-electron chi connectivity index (χ4n) is 3.49. The zero-order chi connectivity index (χ0) is 20.4. The quantitative estimate of drug-likeness (QED) is 0.573. The van der Waals surface area contributed by atoms with Crippen LogP contribution in [0.4, 0.5) is 5.95 Å². The number of thioether (sulfide) groups is 1. The Morgan fingerprint density at radius 1 is 1.21 bits per heavy atom. The molecule has 3 aromatic rings. The molecule has 0 aliphatic carbocycles. The van der Waals surface area contributed by atoms with Gasteiger partial charge < -0.3 is 9.64 Å². The van der Waals surface area contributed by atoms with Gasteiger partial charge in [-0.05, 0) is 25.0 Å². The van der Waals surface area contributed by atoms with E-state index in [0.717, 1.165) is 42.1 Å². The Labute approximate surface area is 173 Å². The predicted octanol–water partition coefficient (Wildman–Crippen LogP) is 2.38. The number of ether oxygens (including phenoxy) is 1. The van der Waals surface area contributed by atoms with Crippen molar-refractivity contribution in [1.29, 1.82) is 0 Å². The molecule has 8 nitrogen and oxygen atoms in total. The minimum atomic E-state index is -0.0543. The second kappa shape index (κ2) is 8.54. The molecule has 4 rings (SSSR count). The average Bonchev–Trinajstić information content (AvgIpc) is 3.08. The maximum absolute atomic E-state index is 12.5. The van der Waals surface area contributed by atoms with E-state index >= 15 is 0 Å². The zero-order valence-electron chi connectivity index (χ0n) is 17.0. The Hall–Kier alpha value is -2.39. The van der Waals surface area contributed by atoms with Crippen LogP contribution in [0.5, 0.6) is 0 Å². The molecule has 0 bridgehead atoms. The van der Waals surface area contributed by atoms with E-state index in [2.05, 4.69) is 38.5 Å². The van der Waals surface area contributed by atoms with Gasteiger partial charge in [-0.1, -0.05) is 31.7 Å². The Bertz CT molecular complexity index is 1050. The van der Waals surface area contributed by atoms with Crippen LogP contribution in [-0.2, 0) is 17.0 Å². The van der Waals surface area contributed by atoms with Crippen LogP contribution in [0.3, 0.4) is 0 Å². The Balaban J connectivity index is 1.58. The van der Waals surface area contributed by atoms with E-state index < -0.39 is 0 Å². The topological polar surface area (TPSA) is 77.5 Å². The van der Waals surface area contributed by atoms with Crippen molar-refractivity contribution < 1.29 is 4.74 Å². The summed E-state index contributed by atoms with van der Waals surface area (Å²) in [6.07, 6.45) is 0. The molecule has 0 aromatic carbocycles. The number of aryl methyl sites for hydroxylation is 1. The standard InChI is InChI=1S/C20H26N6O2S/c1-14(2)12-25-19(24-7-9-28-10-8-24)22-23-20(25)29-13-16-11-18(27)26-15(3)5-4-6-17(26)21-16/h4-6,11,14H,7-10,12-13H2,1-3H3. The normalized spacial score (nSPS) is 14.8. The van der Waals surface area contributed by atoms with Gasteiger partial charge in [0.15, 0.2) is 5.16 Å². The minimum Gasteiger partial charge on any atom is -0.378 e. The van der Waals surface area contributed by atoms with E-state index in [9.17, 15) is 4.79 Å².